The van der Waals surface area contributed by atoms with Crippen LogP contribution in [0, 0.1) is 5.82 Å². The molecule has 3 aromatic rings. The molecule has 0 aliphatic rings. The van der Waals surface area contributed by atoms with E-state index in [9.17, 15) is 27.9 Å². The number of hydrogen-bond donors (Lipinski definition) is 2. The van der Waals surface area contributed by atoms with Gasteiger partial charge in [0.15, 0.2) is 23.6 Å². The minimum atomic E-state index is -4.86. The van der Waals surface area contributed by atoms with Crippen molar-refractivity contribution in [3.05, 3.63) is 51.0 Å². The molecule has 194 valence electrons. The molecule has 11 nitrogen and oxygen atoms in total. The van der Waals surface area contributed by atoms with Crippen LogP contribution in [0.25, 0.3) is 5.82 Å². The third kappa shape index (κ3) is 5.26. The molecule has 0 spiro atoms. The molecule has 0 radical (unpaired) electrons. The number of carbonyl (C=O) groups is 1. The molecule has 0 unspecified atom stereocenters. The molecule has 1 amide bonds. The van der Waals surface area contributed by atoms with Gasteiger partial charge in [-0.15, -0.1) is 5.10 Å². The Bertz CT molecular complexity index is 1340. The fourth-order valence-electron chi connectivity index (χ4n) is 2.96. The lowest BCUT2D eigenvalue weighted by molar-refractivity contribution is -0.190. The average molecular weight is 535 g/mol. The molecule has 3 rings (SSSR count). The number of pyridine rings is 2. The third-order valence-electron chi connectivity index (χ3n) is 4.81. The second-order valence-electron chi connectivity index (χ2n) is 7.10. The number of rotatable bonds is 8. The number of hydrogen-bond acceptors (Lipinski definition) is 8. The quantitative estimate of drug-likeness (QED) is 0.421. The van der Waals surface area contributed by atoms with Crippen LogP contribution in [0.15, 0.2) is 23.1 Å². The molecule has 0 aliphatic carbocycles. The lowest BCUT2D eigenvalue weighted by atomic mass is 10.2. The van der Waals surface area contributed by atoms with Crippen molar-refractivity contribution in [3.8, 4) is 17.6 Å². The van der Waals surface area contributed by atoms with Gasteiger partial charge in [-0.25, -0.2) is 14.2 Å². The number of aliphatic hydroxyl groups is 1. The molecular weight excluding hydrogens is 516 g/mol. The zero-order valence-electron chi connectivity index (χ0n) is 18.9. The highest BCUT2D eigenvalue weighted by molar-refractivity contribution is 6.35. The standard InChI is InChI=1S/C20H19ClF4N6O5/c1-4-30-13(8-32)29-31(19(30)34)15-11(22)7-10(17(28-15)36-9(2)20(23,24)25)16(33)27-12-5-6-26-18(35-3)14(12)21/h5-7,9,32H,4,8H2,1-3H3,(H,26,27,33)/t9-/m0/s1. The van der Waals surface area contributed by atoms with Crippen LogP contribution in [0.5, 0.6) is 11.8 Å². The van der Waals surface area contributed by atoms with Crippen LogP contribution < -0.4 is 20.5 Å². The molecule has 0 bridgehead atoms. The minimum absolute atomic E-state index is 0.0432. The minimum Gasteiger partial charge on any atom is -0.480 e. The summed E-state index contributed by atoms with van der Waals surface area (Å²) in [7, 11) is 1.27. The van der Waals surface area contributed by atoms with E-state index in [1.54, 1.807) is 6.92 Å². The van der Waals surface area contributed by atoms with E-state index >= 15 is 4.39 Å². The highest BCUT2D eigenvalue weighted by atomic mass is 35.5. The van der Waals surface area contributed by atoms with Crippen LogP contribution in [-0.2, 0) is 13.2 Å². The summed E-state index contributed by atoms with van der Waals surface area (Å²) in [6, 6.07) is 1.81. The Morgan fingerprint density at radius 1 is 1.33 bits per heavy atom. The summed E-state index contributed by atoms with van der Waals surface area (Å²) in [6.07, 6.45) is -6.09. The van der Waals surface area contributed by atoms with Crippen molar-refractivity contribution in [2.45, 2.75) is 39.3 Å². The Balaban J connectivity index is 2.14. The topological polar surface area (TPSA) is 133 Å². The summed E-state index contributed by atoms with van der Waals surface area (Å²) in [4.78, 5) is 33.0. The maximum absolute atomic E-state index is 15.1. The smallest absolute Gasteiger partial charge is 0.425 e. The van der Waals surface area contributed by atoms with Gasteiger partial charge in [-0.2, -0.15) is 22.8 Å². The van der Waals surface area contributed by atoms with Crippen molar-refractivity contribution in [3.63, 3.8) is 0 Å². The van der Waals surface area contributed by atoms with Crippen LogP contribution in [0.4, 0.5) is 23.2 Å². The third-order valence-corrected chi connectivity index (χ3v) is 5.18. The predicted molar refractivity (Wildman–Crippen MR) is 117 cm³/mol. The first-order chi connectivity index (χ1) is 16.9. The summed E-state index contributed by atoms with van der Waals surface area (Å²) in [5, 5.41) is 15.4. The van der Waals surface area contributed by atoms with Crippen molar-refractivity contribution >= 4 is 23.2 Å². The normalized spacial score (nSPS) is 12.4. The van der Waals surface area contributed by atoms with Gasteiger partial charge < -0.3 is 19.9 Å². The second kappa shape index (κ2) is 10.5. The average Bonchev–Trinajstić information content (AvgIpc) is 3.15. The lowest BCUT2D eigenvalue weighted by Crippen LogP contribution is -2.33. The van der Waals surface area contributed by atoms with E-state index in [1.165, 1.54) is 19.4 Å². The largest absolute Gasteiger partial charge is 0.480 e. The maximum atomic E-state index is 15.1. The summed E-state index contributed by atoms with van der Waals surface area (Å²) < 4.78 is 65.9. The van der Waals surface area contributed by atoms with E-state index in [4.69, 9.17) is 21.1 Å². The van der Waals surface area contributed by atoms with E-state index in [1.807, 2.05) is 0 Å². The molecule has 3 heterocycles. The monoisotopic (exact) mass is 534 g/mol. The molecule has 36 heavy (non-hydrogen) atoms. The molecule has 2 N–H and O–H groups in total. The van der Waals surface area contributed by atoms with E-state index in [0.29, 0.717) is 17.7 Å². The number of ether oxygens (including phenoxy) is 2. The highest BCUT2D eigenvalue weighted by Gasteiger charge is 2.39. The first-order valence-electron chi connectivity index (χ1n) is 10.2. The first kappa shape index (κ1) is 26.9. The van der Waals surface area contributed by atoms with Crippen molar-refractivity contribution in [2.24, 2.45) is 0 Å². The fraction of sp³-hybridized carbons (Fsp3) is 0.350. The van der Waals surface area contributed by atoms with Crippen LogP contribution in [0.3, 0.4) is 0 Å². The Kier molecular flexibility index (Phi) is 7.83. The van der Waals surface area contributed by atoms with E-state index < -0.39 is 53.6 Å². The maximum Gasteiger partial charge on any atom is 0.425 e. The molecule has 0 saturated carbocycles. The number of methoxy groups -OCH3 is 1. The van der Waals surface area contributed by atoms with E-state index in [2.05, 4.69) is 20.4 Å². The van der Waals surface area contributed by atoms with Gasteiger partial charge in [0.1, 0.15) is 17.2 Å². The molecule has 0 aliphatic heterocycles. The van der Waals surface area contributed by atoms with E-state index in [-0.39, 0.29) is 29.0 Å². The highest BCUT2D eigenvalue weighted by Crippen LogP contribution is 2.32. The van der Waals surface area contributed by atoms with Crippen LogP contribution in [0.1, 0.15) is 30.0 Å². The summed E-state index contributed by atoms with van der Waals surface area (Å²) in [5.41, 5.74) is -1.70. The van der Waals surface area contributed by atoms with Crippen LogP contribution >= 0.6 is 11.6 Å². The van der Waals surface area contributed by atoms with Crippen molar-refractivity contribution in [1.29, 1.82) is 0 Å². The first-order valence-corrected chi connectivity index (χ1v) is 10.5. The Hall–Kier alpha value is -3.72. The number of halogens is 5. The number of aliphatic hydroxyl groups excluding tert-OH is 1. The Labute approximate surface area is 205 Å². The predicted octanol–water partition coefficient (Wildman–Crippen LogP) is 2.72. The van der Waals surface area contributed by atoms with Crippen LogP contribution in [-0.4, -0.2) is 54.7 Å². The van der Waals surface area contributed by atoms with Gasteiger partial charge in [0.25, 0.3) is 5.91 Å². The number of alkyl halides is 3. The molecule has 1 atom stereocenters. The summed E-state index contributed by atoms with van der Waals surface area (Å²) in [6.45, 7) is 1.59. The fourth-order valence-corrected chi connectivity index (χ4v) is 3.20. The van der Waals surface area contributed by atoms with Gasteiger partial charge in [-0.1, -0.05) is 11.6 Å². The van der Waals surface area contributed by atoms with Gasteiger partial charge in [-0.05, 0) is 26.0 Å². The van der Waals surface area contributed by atoms with Crippen LogP contribution in [0.2, 0.25) is 5.02 Å². The zero-order chi connectivity index (χ0) is 26.8. The number of amides is 1. The molecule has 3 aromatic heterocycles. The number of aromatic nitrogens is 5. The summed E-state index contributed by atoms with van der Waals surface area (Å²) >= 11 is 6.08. The van der Waals surface area contributed by atoms with Gasteiger partial charge in [0, 0.05) is 12.7 Å². The SMILES string of the molecule is CCn1c(CO)nn(-c2nc(O[C@@H](C)C(F)(F)F)c(C(=O)Nc3ccnc(OC)c3Cl)cc2F)c1=O. The van der Waals surface area contributed by atoms with Gasteiger partial charge in [-0.3, -0.25) is 9.36 Å². The number of carbonyl (C=O) groups excluding carboxylic acids is 1. The molecule has 0 saturated heterocycles. The number of anilines is 1. The number of nitrogens with zero attached hydrogens (tertiary/aromatic N) is 5. The zero-order valence-corrected chi connectivity index (χ0v) is 19.7. The molecular formula is C20H19ClF4N6O5. The Morgan fingerprint density at radius 2 is 2.03 bits per heavy atom. The van der Waals surface area contributed by atoms with Crippen molar-refractivity contribution in [1.82, 2.24) is 24.3 Å². The number of nitrogens with one attached hydrogen (secondary N) is 1. The lowest BCUT2D eigenvalue weighted by Gasteiger charge is -2.19. The second-order valence-corrected chi connectivity index (χ2v) is 7.48. The van der Waals surface area contributed by atoms with Gasteiger partial charge in [0.2, 0.25) is 11.8 Å². The van der Waals surface area contributed by atoms with Gasteiger partial charge in [0.05, 0.1) is 12.8 Å². The van der Waals surface area contributed by atoms with Crippen molar-refractivity contribution < 1.29 is 36.9 Å². The van der Waals surface area contributed by atoms with E-state index in [0.717, 1.165) is 4.57 Å². The molecule has 0 aromatic carbocycles. The summed E-state index contributed by atoms with van der Waals surface area (Å²) in [5.74, 6) is -4.38. The van der Waals surface area contributed by atoms with Gasteiger partial charge >= 0.3 is 11.9 Å². The molecule has 0 fully saturated rings. The Morgan fingerprint density at radius 3 is 2.58 bits per heavy atom. The van der Waals surface area contributed by atoms with Crippen molar-refractivity contribution in [2.75, 3.05) is 12.4 Å². The molecule has 16 heteroatoms.